The summed E-state index contributed by atoms with van der Waals surface area (Å²) in [4.78, 5) is 12.2. The topological polar surface area (TPSA) is 81.6 Å². The molecule has 2 N–H and O–H groups in total. The van der Waals surface area contributed by atoms with Gasteiger partial charge in [-0.3, -0.25) is 9.89 Å². The predicted octanol–water partition coefficient (Wildman–Crippen LogP) is 2.80. The second-order valence-electron chi connectivity index (χ2n) is 4.07. The van der Waals surface area contributed by atoms with Gasteiger partial charge in [0.1, 0.15) is 0 Å². The average Bonchev–Trinajstić information content (AvgIpc) is 2.71. The number of amides is 1. The Morgan fingerprint density at radius 3 is 2.79 bits per heavy atom. The molecule has 0 aliphatic heterocycles. The average molecular weight is 275 g/mol. The number of aryl methyl sites for hydroxylation is 2. The molecule has 0 fully saturated rings. The van der Waals surface area contributed by atoms with Gasteiger partial charge in [0, 0.05) is 5.69 Å². The second-order valence-corrected chi connectivity index (χ2v) is 4.48. The first-order valence-corrected chi connectivity index (χ1v) is 5.93. The van der Waals surface area contributed by atoms with E-state index in [0.717, 1.165) is 0 Å². The molecule has 0 radical (unpaired) electrons. The Bertz CT molecular complexity index is 665. The number of carbonyl (C=O) groups excluding carboxylic acids is 1. The molecule has 1 heterocycles. The number of hydrogen-bond donors (Lipinski definition) is 2. The number of rotatable bonds is 2. The molecule has 0 atom stereocenters. The summed E-state index contributed by atoms with van der Waals surface area (Å²) in [5.41, 5.74) is 2.62. The lowest BCUT2D eigenvalue weighted by molar-refractivity contribution is 0.102. The van der Waals surface area contributed by atoms with Gasteiger partial charge in [-0.25, -0.2) is 0 Å². The van der Waals surface area contributed by atoms with E-state index in [1.54, 1.807) is 26.0 Å². The Hall–Kier alpha value is -2.32. The monoisotopic (exact) mass is 274 g/mol. The van der Waals surface area contributed by atoms with E-state index in [1.807, 2.05) is 6.07 Å². The highest BCUT2D eigenvalue weighted by Crippen LogP contribution is 2.24. The maximum Gasteiger partial charge on any atom is 0.259 e. The molecule has 0 aliphatic rings. The third-order valence-electron chi connectivity index (χ3n) is 2.70. The van der Waals surface area contributed by atoms with Crippen LogP contribution in [0.3, 0.4) is 0 Å². The largest absolute Gasteiger partial charge is 0.320 e. The fraction of sp³-hybridized carbons (Fsp3) is 0.154. The van der Waals surface area contributed by atoms with Crippen molar-refractivity contribution in [3.05, 3.63) is 45.7 Å². The lowest BCUT2D eigenvalue weighted by Crippen LogP contribution is -2.14. The van der Waals surface area contributed by atoms with Crippen LogP contribution in [0.25, 0.3) is 0 Å². The molecular weight excluding hydrogens is 264 g/mol. The summed E-state index contributed by atoms with van der Waals surface area (Å²) in [5.74, 6) is -0.305. The number of nitrogens with one attached hydrogen (secondary N) is 2. The number of aromatic amines is 1. The van der Waals surface area contributed by atoms with Gasteiger partial charge in [0.25, 0.3) is 5.91 Å². The molecule has 0 unspecified atom stereocenters. The summed E-state index contributed by atoms with van der Waals surface area (Å²) >= 11 is 5.99. The van der Waals surface area contributed by atoms with Crippen LogP contribution >= 0.6 is 11.6 Å². The second kappa shape index (κ2) is 5.12. The van der Waals surface area contributed by atoms with Crippen molar-refractivity contribution in [3.63, 3.8) is 0 Å². The summed E-state index contributed by atoms with van der Waals surface area (Å²) in [5, 5.41) is 18.6. The van der Waals surface area contributed by atoms with Crippen molar-refractivity contribution in [2.75, 3.05) is 5.32 Å². The molecule has 1 amide bonds. The predicted molar refractivity (Wildman–Crippen MR) is 72.2 cm³/mol. The maximum absolute atomic E-state index is 12.2. The number of aromatic nitrogens is 2. The number of benzene rings is 1. The molecule has 0 saturated heterocycles. The minimum absolute atomic E-state index is 0.305. The fourth-order valence-corrected chi connectivity index (χ4v) is 1.93. The first kappa shape index (κ1) is 13.1. The highest BCUT2D eigenvalue weighted by Gasteiger charge is 2.16. The van der Waals surface area contributed by atoms with Crippen molar-refractivity contribution in [1.82, 2.24) is 10.2 Å². The number of anilines is 1. The highest BCUT2D eigenvalue weighted by atomic mass is 35.5. The lowest BCUT2D eigenvalue weighted by Gasteiger charge is -2.07. The van der Waals surface area contributed by atoms with Gasteiger partial charge in [-0.05, 0) is 32.0 Å². The number of hydrogen-bond acceptors (Lipinski definition) is 3. The molecule has 0 spiro atoms. The summed E-state index contributed by atoms with van der Waals surface area (Å²) in [7, 11) is 0. The van der Waals surface area contributed by atoms with E-state index in [4.69, 9.17) is 16.9 Å². The first-order valence-electron chi connectivity index (χ1n) is 5.55. The van der Waals surface area contributed by atoms with Crippen molar-refractivity contribution >= 4 is 23.2 Å². The highest BCUT2D eigenvalue weighted by molar-refractivity contribution is 6.34. The van der Waals surface area contributed by atoms with Crippen molar-refractivity contribution in [3.8, 4) is 6.07 Å². The smallest absolute Gasteiger partial charge is 0.259 e. The Labute approximate surface area is 115 Å². The van der Waals surface area contributed by atoms with E-state index in [2.05, 4.69) is 15.5 Å². The molecular formula is C13H11ClN4O. The van der Waals surface area contributed by atoms with Gasteiger partial charge in [-0.1, -0.05) is 11.6 Å². The van der Waals surface area contributed by atoms with Crippen LogP contribution in [-0.4, -0.2) is 16.1 Å². The van der Waals surface area contributed by atoms with Crippen LogP contribution in [0.2, 0.25) is 5.02 Å². The first-order chi connectivity index (χ1) is 9.02. The van der Waals surface area contributed by atoms with E-state index in [1.165, 1.54) is 6.07 Å². The molecule has 2 rings (SSSR count). The molecule has 2 aromatic rings. The molecule has 6 heteroatoms. The Morgan fingerprint density at radius 1 is 1.47 bits per heavy atom. The quantitative estimate of drug-likeness (QED) is 0.883. The Morgan fingerprint density at radius 2 is 2.21 bits per heavy atom. The maximum atomic E-state index is 12.2. The van der Waals surface area contributed by atoms with E-state index >= 15 is 0 Å². The fourth-order valence-electron chi connectivity index (χ4n) is 1.76. The number of H-pyrrole nitrogens is 1. The lowest BCUT2D eigenvalue weighted by atomic mass is 10.1. The van der Waals surface area contributed by atoms with Crippen LogP contribution in [0.4, 0.5) is 5.69 Å². The van der Waals surface area contributed by atoms with Crippen LogP contribution in [-0.2, 0) is 0 Å². The van der Waals surface area contributed by atoms with Crippen LogP contribution in [0, 0.1) is 25.2 Å². The number of carbonyl (C=O) groups is 1. The molecule has 1 aromatic heterocycles. The summed E-state index contributed by atoms with van der Waals surface area (Å²) < 4.78 is 0. The van der Waals surface area contributed by atoms with E-state index in [-0.39, 0.29) is 5.91 Å². The van der Waals surface area contributed by atoms with Crippen molar-refractivity contribution in [2.45, 2.75) is 13.8 Å². The van der Waals surface area contributed by atoms with Crippen molar-refractivity contribution < 1.29 is 4.79 Å². The SMILES string of the molecule is Cc1n[nH]c(C)c1C(=O)Nc1cc(C#N)ccc1Cl. The van der Waals surface area contributed by atoms with E-state index in [9.17, 15) is 4.79 Å². The standard InChI is InChI=1S/C13H11ClN4O/c1-7-12(8(2)18-17-7)13(19)16-11-5-9(6-15)3-4-10(11)14/h3-5H,1-2H3,(H,16,19)(H,17,18). The van der Waals surface area contributed by atoms with Crippen molar-refractivity contribution in [1.29, 1.82) is 5.26 Å². The molecule has 5 nitrogen and oxygen atoms in total. The third kappa shape index (κ3) is 2.59. The molecule has 96 valence electrons. The number of nitriles is 1. The van der Waals surface area contributed by atoms with Crippen LogP contribution < -0.4 is 5.32 Å². The Kier molecular flexibility index (Phi) is 3.54. The number of nitrogens with zero attached hydrogens (tertiary/aromatic N) is 2. The normalized spacial score (nSPS) is 10.0. The molecule has 0 bridgehead atoms. The van der Waals surface area contributed by atoms with E-state index in [0.29, 0.717) is 33.2 Å². The van der Waals surface area contributed by atoms with Gasteiger partial charge in [-0.15, -0.1) is 0 Å². The zero-order chi connectivity index (χ0) is 14.0. The summed E-state index contributed by atoms with van der Waals surface area (Å²) in [6.07, 6.45) is 0. The summed E-state index contributed by atoms with van der Waals surface area (Å²) in [6, 6.07) is 6.69. The van der Waals surface area contributed by atoms with Crippen LogP contribution in [0.15, 0.2) is 18.2 Å². The van der Waals surface area contributed by atoms with Gasteiger partial charge in [0.15, 0.2) is 0 Å². The zero-order valence-electron chi connectivity index (χ0n) is 10.4. The summed E-state index contributed by atoms with van der Waals surface area (Å²) in [6.45, 7) is 3.51. The third-order valence-corrected chi connectivity index (χ3v) is 3.03. The van der Waals surface area contributed by atoms with Crippen molar-refractivity contribution in [2.24, 2.45) is 0 Å². The van der Waals surface area contributed by atoms with Crippen LogP contribution in [0.1, 0.15) is 27.3 Å². The molecule has 1 aromatic carbocycles. The van der Waals surface area contributed by atoms with E-state index < -0.39 is 0 Å². The molecule has 0 aliphatic carbocycles. The van der Waals surface area contributed by atoms with Gasteiger partial charge < -0.3 is 5.32 Å². The number of halogens is 1. The van der Waals surface area contributed by atoms with Gasteiger partial charge in [0.2, 0.25) is 0 Å². The Balaban J connectivity index is 2.32. The molecule has 19 heavy (non-hydrogen) atoms. The van der Waals surface area contributed by atoms with Crippen LogP contribution in [0.5, 0.6) is 0 Å². The van der Waals surface area contributed by atoms with Gasteiger partial charge >= 0.3 is 0 Å². The molecule has 0 saturated carbocycles. The zero-order valence-corrected chi connectivity index (χ0v) is 11.2. The minimum Gasteiger partial charge on any atom is -0.320 e. The van der Waals surface area contributed by atoms with Gasteiger partial charge in [-0.2, -0.15) is 10.4 Å². The van der Waals surface area contributed by atoms with Gasteiger partial charge in [0.05, 0.1) is 33.6 Å². The minimum atomic E-state index is -0.305.